The second-order valence-electron chi connectivity index (χ2n) is 9.60. The number of anilines is 1. The quantitative estimate of drug-likeness (QED) is 0.263. The van der Waals surface area contributed by atoms with E-state index >= 15 is 0 Å². The van der Waals surface area contributed by atoms with Crippen molar-refractivity contribution in [3.63, 3.8) is 0 Å². The lowest BCUT2D eigenvalue weighted by Gasteiger charge is -2.26. The van der Waals surface area contributed by atoms with Crippen LogP contribution in [0.1, 0.15) is 59.6 Å². The van der Waals surface area contributed by atoms with Crippen molar-refractivity contribution in [2.24, 2.45) is 0 Å². The number of hydrogen-bond donors (Lipinski definition) is 2. The van der Waals surface area contributed by atoms with Gasteiger partial charge in [-0.05, 0) is 98.6 Å². The summed E-state index contributed by atoms with van der Waals surface area (Å²) in [4.78, 5) is 17.9. The van der Waals surface area contributed by atoms with Crippen LogP contribution in [-0.4, -0.2) is 27.3 Å². The average Bonchev–Trinajstić information content (AvgIpc) is 3.70. The Labute approximate surface area is 226 Å². The van der Waals surface area contributed by atoms with Crippen LogP contribution in [0, 0.1) is 0 Å². The SMILES string of the molecule is O=C(O)c1ccc(-c2ccc([C@@H]3[C@H](c4ccccn4)NC(=S)N3c3ccc(OC4CCCC4)cc3)o2)cc1. The molecule has 4 aromatic rings. The minimum atomic E-state index is -0.962. The molecule has 0 bridgehead atoms. The van der Waals surface area contributed by atoms with Gasteiger partial charge in [0.15, 0.2) is 5.11 Å². The van der Waals surface area contributed by atoms with E-state index in [-0.39, 0.29) is 17.6 Å². The van der Waals surface area contributed by atoms with Crippen molar-refractivity contribution >= 4 is 29.0 Å². The minimum Gasteiger partial charge on any atom is -0.490 e. The number of rotatable bonds is 7. The van der Waals surface area contributed by atoms with Gasteiger partial charge >= 0.3 is 5.97 Å². The third kappa shape index (κ3) is 4.75. The first-order valence-corrected chi connectivity index (χ1v) is 13.2. The van der Waals surface area contributed by atoms with Crippen molar-refractivity contribution in [1.82, 2.24) is 10.3 Å². The molecule has 0 spiro atoms. The lowest BCUT2D eigenvalue weighted by molar-refractivity contribution is 0.0697. The Bertz CT molecular complexity index is 1430. The summed E-state index contributed by atoms with van der Waals surface area (Å²) in [5.41, 5.74) is 2.80. The summed E-state index contributed by atoms with van der Waals surface area (Å²) >= 11 is 5.82. The molecular formula is C30H27N3O4S. The van der Waals surface area contributed by atoms with Crippen LogP contribution < -0.4 is 15.0 Å². The van der Waals surface area contributed by atoms with Crippen LogP contribution >= 0.6 is 12.2 Å². The number of furan rings is 1. The number of nitrogens with zero attached hydrogens (tertiary/aromatic N) is 2. The highest BCUT2D eigenvalue weighted by Crippen LogP contribution is 2.43. The zero-order chi connectivity index (χ0) is 26.1. The predicted molar refractivity (Wildman–Crippen MR) is 148 cm³/mol. The highest BCUT2D eigenvalue weighted by molar-refractivity contribution is 7.80. The maximum Gasteiger partial charge on any atom is 0.335 e. The summed E-state index contributed by atoms with van der Waals surface area (Å²) in [6.45, 7) is 0. The first-order chi connectivity index (χ1) is 18.6. The van der Waals surface area contributed by atoms with Crippen LogP contribution in [-0.2, 0) is 0 Å². The molecule has 0 unspecified atom stereocenters. The van der Waals surface area contributed by atoms with Gasteiger partial charge in [-0.15, -0.1) is 0 Å². The highest BCUT2D eigenvalue weighted by Gasteiger charge is 2.42. The van der Waals surface area contributed by atoms with Gasteiger partial charge in [-0.3, -0.25) is 4.98 Å². The van der Waals surface area contributed by atoms with Crippen LogP contribution in [0.3, 0.4) is 0 Å². The molecule has 38 heavy (non-hydrogen) atoms. The van der Waals surface area contributed by atoms with Gasteiger partial charge in [0.25, 0.3) is 0 Å². The summed E-state index contributed by atoms with van der Waals surface area (Å²) < 4.78 is 12.5. The van der Waals surface area contributed by atoms with E-state index in [2.05, 4.69) is 15.2 Å². The van der Waals surface area contributed by atoms with Gasteiger partial charge in [0.1, 0.15) is 23.3 Å². The molecule has 7 nitrogen and oxygen atoms in total. The highest BCUT2D eigenvalue weighted by atomic mass is 32.1. The molecular weight excluding hydrogens is 498 g/mol. The second kappa shape index (κ2) is 10.3. The summed E-state index contributed by atoms with van der Waals surface area (Å²) in [6.07, 6.45) is 6.73. The number of aromatic nitrogens is 1. The molecule has 2 aromatic heterocycles. The number of carboxylic acid groups (broad SMARTS) is 1. The Morgan fingerprint density at radius 2 is 1.76 bits per heavy atom. The molecule has 192 valence electrons. The lowest BCUT2D eigenvalue weighted by Crippen LogP contribution is -2.29. The van der Waals surface area contributed by atoms with Crippen molar-refractivity contribution in [2.45, 2.75) is 43.9 Å². The second-order valence-corrected chi connectivity index (χ2v) is 9.99. The summed E-state index contributed by atoms with van der Waals surface area (Å²) in [5.74, 6) is 1.27. The van der Waals surface area contributed by atoms with E-state index in [1.807, 2.05) is 54.6 Å². The van der Waals surface area contributed by atoms with Crippen molar-refractivity contribution in [3.05, 3.63) is 102 Å². The van der Waals surface area contributed by atoms with Crippen molar-refractivity contribution < 1.29 is 19.1 Å². The fourth-order valence-electron chi connectivity index (χ4n) is 5.25. The average molecular weight is 526 g/mol. The summed E-state index contributed by atoms with van der Waals surface area (Å²) in [5, 5.41) is 13.2. The summed E-state index contributed by atoms with van der Waals surface area (Å²) in [7, 11) is 0. The van der Waals surface area contributed by atoms with Gasteiger partial charge in [-0.1, -0.05) is 18.2 Å². The van der Waals surface area contributed by atoms with Gasteiger partial charge in [0.2, 0.25) is 0 Å². The number of nitrogens with one attached hydrogen (secondary N) is 1. The Hall–Kier alpha value is -4.17. The Kier molecular flexibility index (Phi) is 6.55. The standard InChI is InChI=1S/C30H27N3O4S/c34-29(35)20-10-8-19(9-11-20)25-16-17-26(37-25)28-27(24-7-3-4-18-31-24)32-30(38)33(28)21-12-14-23(15-13-21)36-22-5-1-2-6-22/h3-4,7-18,22,27-28H,1-2,5-6H2,(H,32,38)(H,34,35)/t27-,28+/m0/s1. The van der Waals surface area contributed by atoms with Crippen LogP contribution in [0.4, 0.5) is 5.69 Å². The molecule has 2 atom stereocenters. The molecule has 2 N–H and O–H groups in total. The maximum atomic E-state index is 11.2. The molecule has 1 saturated carbocycles. The minimum absolute atomic E-state index is 0.229. The topological polar surface area (TPSA) is 87.8 Å². The molecule has 8 heteroatoms. The van der Waals surface area contributed by atoms with Gasteiger partial charge in [-0.2, -0.15) is 0 Å². The van der Waals surface area contributed by atoms with Gasteiger partial charge in [0, 0.05) is 17.4 Å². The van der Waals surface area contributed by atoms with E-state index in [1.54, 1.807) is 30.5 Å². The van der Waals surface area contributed by atoms with Gasteiger partial charge < -0.3 is 24.5 Å². The van der Waals surface area contributed by atoms with E-state index < -0.39 is 5.97 Å². The normalized spacial score (nSPS) is 19.5. The molecule has 2 aromatic carbocycles. The molecule has 3 heterocycles. The van der Waals surface area contributed by atoms with Crippen LogP contribution in [0.15, 0.2) is 89.5 Å². The van der Waals surface area contributed by atoms with E-state index in [0.29, 0.717) is 17.0 Å². The van der Waals surface area contributed by atoms with E-state index in [4.69, 9.17) is 21.4 Å². The van der Waals surface area contributed by atoms with Crippen molar-refractivity contribution in [3.8, 4) is 17.1 Å². The summed E-state index contributed by atoms with van der Waals surface area (Å²) in [6, 6.07) is 23.9. The van der Waals surface area contributed by atoms with Gasteiger partial charge in [-0.25, -0.2) is 4.79 Å². The van der Waals surface area contributed by atoms with Crippen molar-refractivity contribution in [2.75, 3.05) is 4.90 Å². The van der Waals surface area contributed by atoms with E-state index in [1.165, 1.54) is 12.8 Å². The number of ether oxygens (including phenoxy) is 1. The predicted octanol–water partition coefficient (Wildman–Crippen LogP) is 6.54. The Morgan fingerprint density at radius 3 is 2.45 bits per heavy atom. The number of aromatic carboxylic acids is 1. The molecule has 2 fully saturated rings. The van der Waals surface area contributed by atoms with Crippen LogP contribution in [0.2, 0.25) is 0 Å². The smallest absolute Gasteiger partial charge is 0.335 e. The van der Waals surface area contributed by atoms with E-state index in [0.717, 1.165) is 41.3 Å². The third-order valence-corrected chi connectivity index (χ3v) is 7.47. The molecule has 2 aliphatic rings. The number of carbonyl (C=O) groups is 1. The lowest BCUT2D eigenvalue weighted by atomic mass is 10.0. The third-order valence-electron chi connectivity index (χ3n) is 7.15. The zero-order valence-corrected chi connectivity index (χ0v) is 21.4. The maximum absolute atomic E-state index is 11.2. The fourth-order valence-corrected chi connectivity index (χ4v) is 5.60. The molecule has 1 aliphatic heterocycles. The first kappa shape index (κ1) is 24.2. The first-order valence-electron chi connectivity index (χ1n) is 12.8. The molecule has 0 radical (unpaired) electrons. The van der Waals surface area contributed by atoms with Crippen molar-refractivity contribution in [1.29, 1.82) is 0 Å². The number of hydrogen-bond acceptors (Lipinski definition) is 5. The molecule has 6 rings (SSSR count). The number of thiocarbonyl (C=S) groups is 1. The number of carboxylic acids is 1. The molecule has 0 amide bonds. The monoisotopic (exact) mass is 525 g/mol. The fraction of sp³-hybridized carbons (Fsp3) is 0.233. The molecule has 1 aliphatic carbocycles. The Morgan fingerprint density at radius 1 is 1.00 bits per heavy atom. The zero-order valence-electron chi connectivity index (χ0n) is 20.6. The van der Waals surface area contributed by atoms with Crippen LogP contribution in [0.5, 0.6) is 5.75 Å². The van der Waals surface area contributed by atoms with Crippen LogP contribution in [0.25, 0.3) is 11.3 Å². The van der Waals surface area contributed by atoms with E-state index in [9.17, 15) is 9.90 Å². The largest absolute Gasteiger partial charge is 0.490 e. The Balaban J connectivity index is 1.33. The number of benzene rings is 2. The van der Waals surface area contributed by atoms with Gasteiger partial charge in [0.05, 0.1) is 23.4 Å². The number of pyridine rings is 1. The molecule has 1 saturated heterocycles.